The number of nitrogens with zero attached hydrogens (tertiary/aromatic N) is 5. The van der Waals surface area contributed by atoms with E-state index >= 15 is 0 Å². The molecule has 0 bridgehead atoms. The molecule has 0 radical (unpaired) electrons. The Labute approximate surface area is 139 Å². The smallest absolute Gasteiger partial charge is 0.184 e. The van der Waals surface area contributed by atoms with Gasteiger partial charge >= 0.3 is 0 Å². The summed E-state index contributed by atoms with van der Waals surface area (Å²) in [5, 5.41) is 11.3. The molecular weight excluding hydrogens is 307 g/mol. The molecule has 0 aliphatic rings. The predicted molar refractivity (Wildman–Crippen MR) is 89.9 cm³/mol. The summed E-state index contributed by atoms with van der Waals surface area (Å²) in [6.07, 6.45) is 6.94. The first-order valence-electron chi connectivity index (χ1n) is 7.73. The maximum atomic E-state index is 13.9. The fraction of sp³-hybridized carbons (Fsp3) is 0.294. The Balaban J connectivity index is 2.04. The zero-order valence-electron chi connectivity index (χ0n) is 13.3. The van der Waals surface area contributed by atoms with Crippen LogP contribution in [0.4, 0.5) is 10.2 Å². The molecule has 2 heterocycles. The molecule has 2 aromatic heterocycles. The van der Waals surface area contributed by atoms with E-state index in [1.54, 1.807) is 22.9 Å². The lowest BCUT2D eigenvalue weighted by molar-refractivity contribution is 0.581. The largest absolute Gasteiger partial charge is 0.357 e. The normalized spacial score (nSPS) is 10.7. The first-order chi connectivity index (χ1) is 11.7. The number of terminal acetylenes is 1. The molecule has 1 aromatic carbocycles. The van der Waals surface area contributed by atoms with Gasteiger partial charge in [0.2, 0.25) is 0 Å². The highest BCUT2D eigenvalue weighted by Crippen LogP contribution is 2.19. The first kappa shape index (κ1) is 15.9. The van der Waals surface area contributed by atoms with Crippen LogP contribution in [0.5, 0.6) is 0 Å². The molecule has 7 heteroatoms. The topological polar surface area (TPSA) is 68.5 Å². The summed E-state index contributed by atoms with van der Waals surface area (Å²) in [4.78, 5) is 8.99. The number of hydrogen-bond acceptors (Lipinski definition) is 5. The molecule has 0 fully saturated rings. The van der Waals surface area contributed by atoms with Crippen molar-refractivity contribution < 1.29 is 4.39 Å². The van der Waals surface area contributed by atoms with Crippen LogP contribution in [0.2, 0.25) is 0 Å². The molecule has 3 aromatic rings. The van der Waals surface area contributed by atoms with Crippen molar-refractivity contribution in [2.24, 2.45) is 0 Å². The van der Waals surface area contributed by atoms with Crippen molar-refractivity contribution >= 4 is 17.0 Å². The molecule has 0 unspecified atom stereocenters. The van der Waals surface area contributed by atoms with Crippen LogP contribution < -0.4 is 5.32 Å². The Morgan fingerprint density at radius 3 is 2.88 bits per heavy atom. The molecule has 0 amide bonds. The Bertz CT molecular complexity index is 896. The van der Waals surface area contributed by atoms with E-state index < -0.39 is 0 Å². The number of halogens is 1. The lowest BCUT2D eigenvalue weighted by atomic mass is 10.2. The molecule has 1 N–H and O–H groups in total. The molecule has 6 nitrogen and oxygen atoms in total. The highest BCUT2D eigenvalue weighted by Gasteiger charge is 2.15. The number of fused-ring (bicyclic) bond motifs is 1. The molecule has 3 rings (SSSR count). The van der Waals surface area contributed by atoms with E-state index in [2.05, 4.69) is 38.4 Å². The van der Waals surface area contributed by atoms with E-state index in [9.17, 15) is 4.39 Å². The van der Waals surface area contributed by atoms with Crippen LogP contribution in [0.15, 0.2) is 24.3 Å². The minimum atomic E-state index is -0.283. The lowest BCUT2D eigenvalue weighted by Crippen LogP contribution is -2.08. The molecule has 0 spiro atoms. The SMILES string of the molecule is C#CCNc1nc(CCC)nc2c1nnn2Cc1ccccc1F. The molecule has 0 aliphatic heterocycles. The van der Waals surface area contributed by atoms with Gasteiger partial charge in [0.1, 0.15) is 11.6 Å². The van der Waals surface area contributed by atoms with E-state index in [0.717, 1.165) is 12.8 Å². The third kappa shape index (κ3) is 3.18. The summed E-state index contributed by atoms with van der Waals surface area (Å²) in [6.45, 7) is 2.63. The molecular formula is C17H17FN6. The van der Waals surface area contributed by atoms with Crippen molar-refractivity contribution in [2.45, 2.75) is 26.3 Å². The molecule has 0 aliphatic carbocycles. The van der Waals surface area contributed by atoms with Gasteiger partial charge in [0, 0.05) is 12.0 Å². The number of benzene rings is 1. The van der Waals surface area contributed by atoms with Crippen LogP contribution in [0, 0.1) is 18.2 Å². The van der Waals surface area contributed by atoms with Gasteiger partial charge in [-0.1, -0.05) is 36.3 Å². The van der Waals surface area contributed by atoms with E-state index in [1.165, 1.54) is 6.07 Å². The minimum Gasteiger partial charge on any atom is -0.357 e. The van der Waals surface area contributed by atoms with Gasteiger partial charge in [-0.25, -0.2) is 19.0 Å². The Morgan fingerprint density at radius 2 is 2.12 bits per heavy atom. The predicted octanol–water partition coefficient (Wildman–Crippen LogP) is 2.41. The third-order valence-corrected chi connectivity index (χ3v) is 3.52. The Hall–Kier alpha value is -3.01. The highest BCUT2D eigenvalue weighted by molar-refractivity contribution is 5.82. The van der Waals surface area contributed by atoms with Gasteiger partial charge in [-0.2, -0.15) is 0 Å². The quantitative estimate of drug-likeness (QED) is 0.705. The van der Waals surface area contributed by atoms with E-state index in [0.29, 0.717) is 34.9 Å². The van der Waals surface area contributed by atoms with Crippen LogP contribution in [0.1, 0.15) is 24.7 Å². The van der Waals surface area contributed by atoms with Gasteiger partial charge in [-0.05, 0) is 12.5 Å². The summed E-state index contributed by atoms with van der Waals surface area (Å²) in [7, 11) is 0. The summed E-state index contributed by atoms with van der Waals surface area (Å²) >= 11 is 0. The number of anilines is 1. The van der Waals surface area contributed by atoms with Crippen molar-refractivity contribution in [1.82, 2.24) is 25.0 Å². The second-order valence-corrected chi connectivity index (χ2v) is 5.31. The summed E-state index contributed by atoms with van der Waals surface area (Å²) in [6, 6.07) is 6.58. The molecule has 0 saturated heterocycles. The number of aryl methyl sites for hydroxylation is 1. The van der Waals surface area contributed by atoms with E-state index in [-0.39, 0.29) is 12.4 Å². The molecule has 0 atom stereocenters. The van der Waals surface area contributed by atoms with Gasteiger partial charge in [0.05, 0.1) is 13.1 Å². The number of aromatic nitrogens is 5. The summed E-state index contributed by atoms with van der Waals surface area (Å²) < 4.78 is 15.5. The van der Waals surface area contributed by atoms with Gasteiger partial charge in [-0.15, -0.1) is 11.5 Å². The van der Waals surface area contributed by atoms with E-state index in [1.807, 2.05) is 0 Å². The second-order valence-electron chi connectivity index (χ2n) is 5.31. The van der Waals surface area contributed by atoms with Gasteiger partial charge < -0.3 is 5.32 Å². The van der Waals surface area contributed by atoms with Crippen LogP contribution in [0.25, 0.3) is 11.2 Å². The summed E-state index contributed by atoms with van der Waals surface area (Å²) in [5.41, 5.74) is 1.62. The monoisotopic (exact) mass is 324 g/mol. The van der Waals surface area contributed by atoms with Crippen molar-refractivity contribution in [3.63, 3.8) is 0 Å². The summed E-state index contributed by atoms with van der Waals surface area (Å²) in [5.74, 6) is 3.47. The van der Waals surface area contributed by atoms with Crippen LogP contribution in [-0.2, 0) is 13.0 Å². The molecule has 122 valence electrons. The van der Waals surface area contributed by atoms with Crippen molar-refractivity contribution in [3.05, 3.63) is 41.5 Å². The van der Waals surface area contributed by atoms with E-state index in [4.69, 9.17) is 6.42 Å². The lowest BCUT2D eigenvalue weighted by Gasteiger charge is -2.07. The standard InChI is InChI=1S/C17H17FN6/c1-3-7-14-20-16(19-10-4-2)15-17(21-14)24(23-22-15)11-12-8-5-6-9-13(12)18/h2,5-6,8-9H,3,7,10-11H2,1H3,(H,19,20,21). The van der Waals surface area contributed by atoms with Gasteiger partial charge in [0.25, 0.3) is 0 Å². The van der Waals surface area contributed by atoms with Gasteiger partial charge in [0.15, 0.2) is 17.0 Å². The highest BCUT2D eigenvalue weighted by atomic mass is 19.1. The van der Waals surface area contributed by atoms with Gasteiger partial charge in [-0.3, -0.25) is 0 Å². The first-order valence-corrected chi connectivity index (χ1v) is 7.73. The maximum Gasteiger partial charge on any atom is 0.184 e. The average Bonchev–Trinajstić information content (AvgIpc) is 2.98. The Morgan fingerprint density at radius 1 is 1.29 bits per heavy atom. The average molecular weight is 324 g/mol. The number of rotatable bonds is 6. The van der Waals surface area contributed by atoms with Crippen LogP contribution in [0.3, 0.4) is 0 Å². The maximum absolute atomic E-state index is 13.9. The van der Waals surface area contributed by atoms with Crippen molar-refractivity contribution in [3.8, 4) is 12.3 Å². The zero-order chi connectivity index (χ0) is 16.9. The third-order valence-electron chi connectivity index (χ3n) is 3.52. The number of hydrogen-bond donors (Lipinski definition) is 1. The zero-order valence-corrected chi connectivity index (χ0v) is 13.3. The van der Waals surface area contributed by atoms with Crippen LogP contribution >= 0.6 is 0 Å². The van der Waals surface area contributed by atoms with Crippen LogP contribution in [-0.4, -0.2) is 31.5 Å². The Kier molecular flexibility index (Phi) is 4.66. The minimum absolute atomic E-state index is 0.250. The molecule has 0 saturated carbocycles. The molecule has 24 heavy (non-hydrogen) atoms. The second kappa shape index (κ2) is 7.04. The van der Waals surface area contributed by atoms with Crippen molar-refractivity contribution in [2.75, 3.05) is 11.9 Å². The fourth-order valence-corrected chi connectivity index (χ4v) is 2.39. The fourth-order valence-electron chi connectivity index (χ4n) is 2.39. The van der Waals surface area contributed by atoms with Crippen molar-refractivity contribution in [1.29, 1.82) is 0 Å². The number of nitrogens with one attached hydrogen (secondary N) is 1.